The number of hydrogen-bond acceptors (Lipinski definition) is 4. The van der Waals surface area contributed by atoms with Gasteiger partial charge in [0.1, 0.15) is 17.2 Å². The van der Waals surface area contributed by atoms with E-state index in [9.17, 15) is 0 Å². The van der Waals surface area contributed by atoms with Gasteiger partial charge in [-0.2, -0.15) is 0 Å². The van der Waals surface area contributed by atoms with Crippen LogP contribution in [0.1, 0.15) is 43.9 Å². The van der Waals surface area contributed by atoms with E-state index in [1.54, 1.807) is 0 Å². The van der Waals surface area contributed by atoms with Gasteiger partial charge in [-0.1, -0.05) is 19.4 Å². The molecule has 0 fully saturated rings. The number of hydrogen-bond donors (Lipinski definition) is 1. The third-order valence-corrected chi connectivity index (χ3v) is 5.79. The molecule has 0 atom stereocenters. The van der Waals surface area contributed by atoms with Crippen LogP contribution in [0.5, 0.6) is 17.2 Å². The summed E-state index contributed by atoms with van der Waals surface area (Å²) < 4.78 is 14.2. The average molecular weight is 444 g/mol. The summed E-state index contributed by atoms with van der Waals surface area (Å²) in [5.41, 5.74) is 9.54. The van der Waals surface area contributed by atoms with E-state index >= 15 is 0 Å². The van der Waals surface area contributed by atoms with Crippen LogP contribution in [-0.2, 0) is 19.5 Å². The van der Waals surface area contributed by atoms with E-state index < -0.39 is 0 Å². The molecule has 2 N–H and O–H groups in total. The van der Waals surface area contributed by atoms with Crippen molar-refractivity contribution < 1.29 is 9.47 Å². The highest BCUT2D eigenvalue weighted by Gasteiger charge is 2.10. The molecular weight excluding hydrogens is 410 g/mol. The first-order valence-corrected chi connectivity index (χ1v) is 11.9. The Morgan fingerprint density at radius 3 is 2.48 bits per heavy atom. The zero-order valence-corrected chi connectivity index (χ0v) is 19.4. The number of aromatic nitrogens is 2. The molecule has 0 unspecified atom stereocenters. The normalized spacial score (nSPS) is 11.1. The number of ether oxygens (including phenoxy) is 2. The van der Waals surface area contributed by atoms with Crippen LogP contribution in [0.3, 0.4) is 0 Å². The second kappa shape index (κ2) is 11.5. The minimum Gasteiger partial charge on any atom is -0.494 e. The van der Waals surface area contributed by atoms with E-state index in [2.05, 4.69) is 40.9 Å². The van der Waals surface area contributed by atoms with Crippen LogP contribution in [0.4, 0.5) is 0 Å². The first-order chi connectivity index (χ1) is 16.3. The van der Waals surface area contributed by atoms with Gasteiger partial charge in [-0.15, -0.1) is 0 Å². The molecule has 0 saturated carbocycles. The van der Waals surface area contributed by atoms with Crippen molar-refractivity contribution >= 4 is 10.9 Å². The van der Waals surface area contributed by atoms with Gasteiger partial charge in [-0.25, -0.2) is 0 Å². The molecule has 0 spiro atoms. The van der Waals surface area contributed by atoms with Gasteiger partial charge in [0.05, 0.1) is 6.61 Å². The number of rotatable bonds is 12. The first-order valence-electron chi connectivity index (χ1n) is 11.9. The SMILES string of the molecule is CCCCOc1ccc(Oc2ccc3c(c2)c(CN)cn3CCCCc2ccccn2)cc1. The zero-order valence-electron chi connectivity index (χ0n) is 19.4. The standard InChI is InChI=1S/C28H33N3O2/c1-2-3-18-32-24-10-12-25(13-11-24)33-26-14-15-28-27(19-26)22(20-29)21-31(28)17-7-5-9-23-8-4-6-16-30-23/h4,6,8,10-16,19,21H,2-3,5,7,9,17-18,20,29H2,1H3. The quantitative estimate of drug-likeness (QED) is 0.254. The smallest absolute Gasteiger partial charge is 0.128 e. The Morgan fingerprint density at radius 1 is 0.909 bits per heavy atom. The third-order valence-electron chi connectivity index (χ3n) is 5.79. The summed E-state index contributed by atoms with van der Waals surface area (Å²) in [7, 11) is 0. The molecule has 2 aromatic heterocycles. The van der Waals surface area contributed by atoms with Crippen LogP contribution in [0.15, 0.2) is 73.1 Å². The van der Waals surface area contributed by atoms with Crippen molar-refractivity contribution in [2.45, 2.75) is 52.1 Å². The highest BCUT2D eigenvalue weighted by molar-refractivity contribution is 5.85. The van der Waals surface area contributed by atoms with E-state index in [1.165, 1.54) is 5.52 Å². The fourth-order valence-electron chi connectivity index (χ4n) is 3.97. The Bertz CT molecular complexity index is 1140. The molecule has 0 aliphatic carbocycles. The van der Waals surface area contributed by atoms with E-state index in [0.717, 1.165) is 79.1 Å². The molecule has 2 heterocycles. The molecule has 0 amide bonds. The minimum atomic E-state index is 0.505. The highest BCUT2D eigenvalue weighted by Crippen LogP contribution is 2.30. The Labute approximate surface area is 196 Å². The van der Waals surface area contributed by atoms with Crippen molar-refractivity contribution in [3.8, 4) is 17.2 Å². The Morgan fingerprint density at radius 2 is 1.73 bits per heavy atom. The van der Waals surface area contributed by atoms with E-state index in [4.69, 9.17) is 15.2 Å². The molecule has 5 heteroatoms. The topological polar surface area (TPSA) is 62.3 Å². The van der Waals surface area contributed by atoms with Crippen LogP contribution >= 0.6 is 0 Å². The monoisotopic (exact) mass is 443 g/mol. The van der Waals surface area contributed by atoms with Crippen molar-refractivity contribution in [2.75, 3.05) is 6.61 Å². The zero-order chi connectivity index (χ0) is 22.9. The summed E-state index contributed by atoms with van der Waals surface area (Å²) in [5, 5.41) is 1.15. The summed E-state index contributed by atoms with van der Waals surface area (Å²) in [6.45, 7) is 4.37. The number of unbranched alkanes of at least 4 members (excludes halogenated alkanes) is 2. The van der Waals surface area contributed by atoms with Crippen LogP contribution < -0.4 is 15.2 Å². The molecule has 0 radical (unpaired) electrons. The molecule has 4 rings (SSSR count). The van der Waals surface area contributed by atoms with E-state index in [-0.39, 0.29) is 0 Å². The summed E-state index contributed by atoms with van der Waals surface area (Å²) >= 11 is 0. The van der Waals surface area contributed by atoms with Gasteiger partial charge < -0.3 is 19.8 Å². The Balaban J connectivity index is 1.39. The van der Waals surface area contributed by atoms with Gasteiger partial charge in [0.15, 0.2) is 0 Å². The highest BCUT2D eigenvalue weighted by atomic mass is 16.5. The summed E-state index contributed by atoms with van der Waals surface area (Å²) in [4.78, 5) is 4.41. The largest absolute Gasteiger partial charge is 0.494 e. The van der Waals surface area contributed by atoms with Gasteiger partial charge >= 0.3 is 0 Å². The van der Waals surface area contributed by atoms with E-state index in [0.29, 0.717) is 6.54 Å². The number of fused-ring (bicyclic) bond motifs is 1. The lowest BCUT2D eigenvalue weighted by atomic mass is 10.1. The summed E-state index contributed by atoms with van der Waals surface area (Å²) in [5.74, 6) is 2.47. The van der Waals surface area contributed by atoms with Crippen molar-refractivity contribution in [1.29, 1.82) is 0 Å². The molecule has 33 heavy (non-hydrogen) atoms. The summed E-state index contributed by atoms with van der Waals surface area (Å²) in [6, 6.07) is 20.1. The van der Waals surface area contributed by atoms with Gasteiger partial charge in [0, 0.05) is 42.1 Å². The van der Waals surface area contributed by atoms with E-state index in [1.807, 2.05) is 48.7 Å². The van der Waals surface area contributed by atoms with Gasteiger partial charge in [0.25, 0.3) is 0 Å². The molecule has 4 aromatic rings. The summed E-state index contributed by atoms with van der Waals surface area (Å²) in [6.07, 6.45) is 9.43. The van der Waals surface area contributed by atoms with Crippen LogP contribution in [0.2, 0.25) is 0 Å². The Hall–Kier alpha value is -3.31. The maximum atomic E-state index is 6.11. The fraction of sp³-hybridized carbons (Fsp3) is 0.321. The molecule has 0 bridgehead atoms. The number of nitrogens with zero attached hydrogens (tertiary/aromatic N) is 2. The molecule has 5 nitrogen and oxygen atoms in total. The minimum absolute atomic E-state index is 0.505. The molecule has 172 valence electrons. The predicted octanol–water partition coefficient (Wildman–Crippen LogP) is 6.49. The number of benzene rings is 2. The third kappa shape index (κ3) is 6.14. The van der Waals surface area contributed by atoms with Crippen LogP contribution in [0, 0.1) is 0 Å². The van der Waals surface area contributed by atoms with Crippen molar-refractivity contribution in [3.05, 3.63) is 84.3 Å². The van der Waals surface area contributed by atoms with Crippen LogP contribution in [0.25, 0.3) is 10.9 Å². The van der Waals surface area contributed by atoms with Crippen molar-refractivity contribution in [1.82, 2.24) is 9.55 Å². The second-order valence-corrected chi connectivity index (χ2v) is 8.28. The first kappa shape index (κ1) is 22.9. The van der Waals surface area contributed by atoms with Crippen LogP contribution in [-0.4, -0.2) is 16.2 Å². The lowest BCUT2D eigenvalue weighted by Crippen LogP contribution is -1.98. The number of nitrogens with two attached hydrogens (primary N) is 1. The maximum absolute atomic E-state index is 6.11. The maximum Gasteiger partial charge on any atom is 0.128 e. The molecule has 0 aliphatic rings. The average Bonchev–Trinajstić information content (AvgIpc) is 3.21. The van der Waals surface area contributed by atoms with Gasteiger partial charge in [0.2, 0.25) is 0 Å². The predicted molar refractivity (Wildman–Crippen MR) is 134 cm³/mol. The molecule has 0 aliphatic heterocycles. The van der Waals surface area contributed by atoms with Crippen molar-refractivity contribution in [3.63, 3.8) is 0 Å². The molecular formula is C28H33N3O2. The second-order valence-electron chi connectivity index (χ2n) is 8.28. The number of pyridine rings is 1. The molecule has 2 aromatic carbocycles. The lowest BCUT2D eigenvalue weighted by Gasteiger charge is -2.09. The van der Waals surface area contributed by atoms with Gasteiger partial charge in [-0.05, 0) is 85.8 Å². The number of aryl methyl sites for hydroxylation is 2. The van der Waals surface area contributed by atoms with Crippen molar-refractivity contribution in [2.24, 2.45) is 5.73 Å². The Kier molecular flexibility index (Phi) is 7.99. The van der Waals surface area contributed by atoms with Gasteiger partial charge in [-0.3, -0.25) is 4.98 Å². The fourth-order valence-corrected chi connectivity index (χ4v) is 3.97. The lowest BCUT2D eigenvalue weighted by molar-refractivity contribution is 0.309. The molecule has 0 saturated heterocycles.